The summed E-state index contributed by atoms with van der Waals surface area (Å²) in [5, 5.41) is 3.58. The molecule has 9 nitrogen and oxygen atoms in total. The SMILES string of the molecule is C=CC(=O)Nc1ccc(-c2c(-c3ccc(Oc4nccc(C)n4)c(C)c3)c3c(N)ncnc3n2C)c(C)c1. The van der Waals surface area contributed by atoms with Crippen LogP contribution in [-0.4, -0.2) is 30.4 Å². The Hall–Kier alpha value is -5.05. The van der Waals surface area contributed by atoms with Gasteiger partial charge in [-0.2, -0.15) is 0 Å². The number of hydrogen-bond acceptors (Lipinski definition) is 7. The Bertz CT molecular complexity index is 1720. The number of rotatable bonds is 6. The van der Waals surface area contributed by atoms with Gasteiger partial charge in [0.05, 0.1) is 11.1 Å². The van der Waals surface area contributed by atoms with E-state index in [9.17, 15) is 4.79 Å². The minimum atomic E-state index is -0.265. The van der Waals surface area contributed by atoms with Crippen LogP contribution in [0.25, 0.3) is 33.4 Å². The summed E-state index contributed by atoms with van der Waals surface area (Å²) in [5.74, 6) is 0.786. The van der Waals surface area contributed by atoms with Crippen LogP contribution in [0, 0.1) is 20.8 Å². The number of carbonyl (C=O) groups excluding carboxylic acids is 1. The van der Waals surface area contributed by atoms with E-state index in [2.05, 4.69) is 31.8 Å². The van der Waals surface area contributed by atoms with Gasteiger partial charge in [0, 0.05) is 35.8 Å². The standard InChI is InChI=1S/C29H27N7O2/c1-6-23(37)35-20-8-9-21(16(2)14-20)26-24(25-27(30)32-15-33-28(25)36(26)5)19-7-10-22(17(3)13-19)38-29-31-12-11-18(4)34-29/h6-15H,1H2,2-5H3,(H,35,37)(H2,30,32,33). The predicted molar refractivity (Wildman–Crippen MR) is 149 cm³/mol. The number of fused-ring (bicyclic) bond motifs is 1. The minimum Gasteiger partial charge on any atom is -0.424 e. The van der Waals surface area contributed by atoms with E-state index in [4.69, 9.17) is 10.5 Å². The number of nitrogens with two attached hydrogens (primary N) is 1. The average molecular weight is 506 g/mol. The molecule has 0 unspecified atom stereocenters. The van der Waals surface area contributed by atoms with Gasteiger partial charge in [0.25, 0.3) is 0 Å². The minimum absolute atomic E-state index is 0.265. The van der Waals surface area contributed by atoms with Crippen LogP contribution in [0.1, 0.15) is 16.8 Å². The summed E-state index contributed by atoms with van der Waals surface area (Å²) >= 11 is 0. The molecule has 0 bridgehead atoms. The largest absolute Gasteiger partial charge is 0.424 e. The van der Waals surface area contributed by atoms with Crippen LogP contribution >= 0.6 is 0 Å². The number of nitrogen functional groups attached to an aromatic ring is 1. The van der Waals surface area contributed by atoms with Gasteiger partial charge in [-0.1, -0.05) is 18.7 Å². The van der Waals surface area contributed by atoms with E-state index in [0.29, 0.717) is 23.3 Å². The van der Waals surface area contributed by atoms with Crippen molar-refractivity contribution in [2.45, 2.75) is 20.8 Å². The van der Waals surface area contributed by atoms with E-state index in [0.717, 1.165) is 50.2 Å². The van der Waals surface area contributed by atoms with Gasteiger partial charge in [0.1, 0.15) is 23.5 Å². The second kappa shape index (κ2) is 9.78. The maximum Gasteiger partial charge on any atom is 0.322 e. The summed E-state index contributed by atoms with van der Waals surface area (Å²) in [7, 11) is 1.96. The fourth-order valence-corrected chi connectivity index (χ4v) is 4.57. The van der Waals surface area contributed by atoms with E-state index in [-0.39, 0.29) is 5.91 Å². The summed E-state index contributed by atoms with van der Waals surface area (Å²) in [4.78, 5) is 29.2. The fraction of sp³-hybridized carbons (Fsp3) is 0.138. The third-order valence-corrected chi connectivity index (χ3v) is 6.37. The molecule has 3 aromatic heterocycles. The Labute approximate surface area is 220 Å². The van der Waals surface area contributed by atoms with Crippen LogP contribution in [0.15, 0.2) is 67.6 Å². The van der Waals surface area contributed by atoms with Crippen molar-refractivity contribution in [1.29, 1.82) is 0 Å². The number of anilines is 2. The molecule has 0 aliphatic heterocycles. The molecule has 190 valence electrons. The molecule has 0 spiro atoms. The maximum atomic E-state index is 11.8. The number of amides is 1. The molecule has 38 heavy (non-hydrogen) atoms. The Morgan fingerprint density at radius 2 is 1.87 bits per heavy atom. The fourth-order valence-electron chi connectivity index (χ4n) is 4.57. The van der Waals surface area contributed by atoms with Crippen LogP contribution in [0.4, 0.5) is 11.5 Å². The third kappa shape index (κ3) is 4.45. The maximum absolute atomic E-state index is 11.8. The van der Waals surface area contributed by atoms with Crippen LogP contribution < -0.4 is 15.8 Å². The zero-order chi connectivity index (χ0) is 27.0. The van der Waals surface area contributed by atoms with Crippen LogP contribution in [0.2, 0.25) is 0 Å². The smallest absolute Gasteiger partial charge is 0.322 e. The van der Waals surface area contributed by atoms with Crippen molar-refractivity contribution in [2.75, 3.05) is 11.1 Å². The third-order valence-electron chi connectivity index (χ3n) is 6.37. The van der Waals surface area contributed by atoms with Crippen LogP contribution in [0.3, 0.4) is 0 Å². The predicted octanol–water partition coefficient (Wildman–Crippen LogP) is 5.52. The Balaban J connectivity index is 1.66. The highest BCUT2D eigenvalue weighted by molar-refractivity contribution is 6.08. The summed E-state index contributed by atoms with van der Waals surface area (Å²) in [6.45, 7) is 9.38. The van der Waals surface area contributed by atoms with Gasteiger partial charge >= 0.3 is 6.01 Å². The second-order valence-electron chi connectivity index (χ2n) is 9.03. The normalized spacial score (nSPS) is 10.9. The monoisotopic (exact) mass is 505 g/mol. The van der Waals surface area contributed by atoms with Crippen molar-refractivity contribution in [2.24, 2.45) is 7.05 Å². The zero-order valence-electron chi connectivity index (χ0n) is 21.6. The molecule has 0 fully saturated rings. The molecule has 9 heteroatoms. The molecule has 0 saturated carbocycles. The van der Waals surface area contributed by atoms with Crippen molar-refractivity contribution in [3.8, 4) is 34.1 Å². The first-order valence-electron chi connectivity index (χ1n) is 12.0. The molecule has 0 aliphatic carbocycles. The van der Waals surface area contributed by atoms with Gasteiger partial charge in [0.15, 0.2) is 0 Å². The highest BCUT2D eigenvalue weighted by atomic mass is 16.5. The number of nitrogens with zero attached hydrogens (tertiary/aromatic N) is 5. The lowest BCUT2D eigenvalue weighted by Crippen LogP contribution is -2.07. The number of nitrogens with one attached hydrogen (secondary N) is 1. The topological polar surface area (TPSA) is 121 Å². The lowest BCUT2D eigenvalue weighted by Gasteiger charge is -2.14. The molecular formula is C29H27N7O2. The van der Waals surface area contributed by atoms with Crippen molar-refractivity contribution >= 4 is 28.4 Å². The molecular weight excluding hydrogens is 478 g/mol. The first kappa shape index (κ1) is 24.6. The van der Waals surface area contributed by atoms with Crippen molar-refractivity contribution in [3.05, 3.63) is 84.5 Å². The van der Waals surface area contributed by atoms with E-state index in [1.54, 1.807) is 6.20 Å². The van der Waals surface area contributed by atoms with E-state index in [1.165, 1.54) is 12.4 Å². The second-order valence-corrected chi connectivity index (χ2v) is 9.03. The molecule has 0 aliphatic rings. The van der Waals surface area contributed by atoms with Gasteiger partial charge in [-0.25, -0.2) is 19.9 Å². The summed E-state index contributed by atoms with van der Waals surface area (Å²) in [6, 6.07) is 13.8. The van der Waals surface area contributed by atoms with E-state index in [1.807, 2.05) is 74.9 Å². The van der Waals surface area contributed by atoms with Gasteiger partial charge < -0.3 is 20.4 Å². The van der Waals surface area contributed by atoms with Crippen molar-refractivity contribution in [3.63, 3.8) is 0 Å². The quantitative estimate of drug-likeness (QED) is 0.292. The number of aromatic nitrogens is 5. The number of ether oxygens (including phenoxy) is 1. The summed E-state index contributed by atoms with van der Waals surface area (Å²) < 4.78 is 7.99. The van der Waals surface area contributed by atoms with E-state index >= 15 is 0 Å². The number of carbonyl (C=O) groups is 1. The van der Waals surface area contributed by atoms with Crippen LogP contribution in [-0.2, 0) is 11.8 Å². The molecule has 5 aromatic rings. The molecule has 5 rings (SSSR count). The van der Waals surface area contributed by atoms with E-state index < -0.39 is 0 Å². The number of benzene rings is 2. The lowest BCUT2D eigenvalue weighted by atomic mass is 9.95. The van der Waals surface area contributed by atoms with Crippen molar-refractivity contribution in [1.82, 2.24) is 24.5 Å². The Morgan fingerprint density at radius 3 is 2.58 bits per heavy atom. The average Bonchev–Trinajstić information content (AvgIpc) is 3.18. The number of hydrogen-bond donors (Lipinski definition) is 2. The Morgan fingerprint density at radius 1 is 1.05 bits per heavy atom. The number of aryl methyl sites for hydroxylation is 4. The highest BCUT2D eigenvalue weighted by Gasteiger charge is 2.23. The van der Waals surface area contributed by atoms with Gasteiger partial charge in [-0.3, -0.25) is 4.79 Å². The molecule has 0 radical (unpaired) electrons. The Kier molecular flexibility index (Phi) is 6.34. The summed E-state index contributed by atoms with van der Waals surface area (Å²) in [5.41, 5.74) is 14.3. The van der Waals surface area contributed by atoms with Gasteiger partial charge in [-0.05, 0) is 73.9 Å². The summed E-state index contributed by atoms with van der Waals surface area (Å²) in [6.07, 6.45) is 4.38. The molecule has 0 atom stereocenters. The van der Waals surface area contributed by atoms with Crippen LogP contribution in [0.5, 0.6) is 11.8 Å². The van der Waals surface area contributed by atoms with Gasteiger partial charge in [0.2, 0.25) is 5.91 Å². The molecule has 3 heterocycles. The molecule has 1 amide bonds. The lowest BCUT2D eigenvalue weighted by molar-refractivity contribution is -0.111. The van der Waals surface area contributed by atoms with Gasteiger partial charge in [-0.15, -0.1) is 0 Å². The molecule has 0 saturated heterocycles. The first-order chi connectivity index (χ1) is 18.3. The van der Waals surface area contributed by atoms with Crippen molar-refractivity contribution < 1.29 is 9.53 Å². The first-order valence-corrected chi connectivity index (χ1v) is 12.0. The molecule has 2 aromatic carbocycles. The molecule has 3 N–H and O–H groups in total. The highest BCUT2D eigenvalue weighted by Crippen LogP contribution is 2.43. The zero-order valence-corrected chi connectivity index (χ0v) is 21.6.